The van der Waals surface area contributed by atoms with Crippen molar-refractivity contribution in [2.45, 2.75) is 6.54 Å². The molecule has 0 aliphatic rings. The summed E-state index contributed by atoms with van der Waals surface area (Å²) in [5, 5.41) is 6.53. The summed E-state index contributed by atoms with van der Waals surface area (Å²) in [6.45, 7) is 0.480. The third-order valence-corrected chi connectivity index (χ3v) is 2.62. The molecular formula is C13H16N4O2. The number of carbonyl (C=O) groups is 1. The number of carbonyl (C=O) groups excluding carboxylic acids is 1. The van der Waals surface area contributed by atoms with Crippen molar-refractivity contribution in [1.29, 1.82) is 0 Å². The van der Waals surface area contributed by atoms with Crippen LogP contribution >= 0.6 is 0 Å². The van der Waals surface area contributed by atoms with E-state index in [9.17, 15) is 4.79 Å². The lowest BCUT2D eigenvalue weighted by molar-refractivity contribution is -0.132. The van der Waals surface area contributed by atoms with Crippen molar-refractivity contribution >= 4 is 11.6 Å². The number of benzene rings is 1. The molecule has 0 spiro atoms. The number of aromatic nitrogens is 2. The van der Waals surface area contributed by atoms with Gasteiger partial charge >= 0.3 is 0 Å². The molecule has 0 unspecified atom stereocenters. The molecule has 0 aliphatic carbocycles. The quantitative estimate of drug-likeness (QED) is 0.786. The first-order chi connectivity index (χ1) is 9.15. The summed E-state index contributed by atoms with van der Waals surface area (Å²) in [6.07, 6.45) is 3.44. The molecule has 0 fully saturated rings. The van der Waals surface area contributed by atoms with Gasteiger partial charge < -0.3 is 15.4 Å². The Kier molecular flexibility index (Phi) is 4.02. The Morgan fingerprint density at radius 2 is 2.37 bits per heavy atom. The van der Waals surface area contributed by atoms with Crippen LogP contribution in [0.15, 0.2) is 36.7 Å². The molecule has 0 saturated heterocycles. The fraction of sp³-hybridized carbons (Fsp3) is 0.231. The van der Waals surface area contributed by atoms with Crippen LogP contribution in [0.5, 0.6) is 5.75 Å². The Balaban J connectivity index is 1.84. The van der Waals surface area contributed by atoms with Crippen LogP contribution in [0.25, 0.3) is 0 Å². The molecule has 100 valence electrons. The van der Waals surface area contributed by atoms with Gasteiger partial charge in [0.05, 0.1) is 6.20 Å². The monoisotopic (exact) mass is 260 g/mol. The Bertz CT molecular complexity index is 539. The second-order valence-corrected chi connectivity index (χ2v) is 4.22. The Morgan fingerprint density at radius 3 is 3.05 bits per heavy atom. The van der Waals surface area contributed by atoms with Crippen molar-refractivity contribution in [3.63, 3.8) is 0 Å². The highest BCUT2D eigenvalue weighted by molar-refractivity contribution is 5.77. The number of hydrogen-bond acceptors (Lipinski definition) is 4. The molecule has 0 saturated carbocycles. The van der Waals surface area contributed by atoms with Crippen molar-refractivity contribution in [3.8, 4) is 5.75 Å². The molecule has 2 aromatic rings. The number of hydrogen-bond donors (Lipinski definition) is 2. The van der Waals surface area contributed by atoms with E-state index in [0.717, 1.165) is 5.56 Å². The summed E-state index contributed by atoms with van der Waals surface area (Å²) in [5.74, 6) is 0.480. The van der Waals surface area contributed by atoms with Gasteiger partial charge in [-0.25, -0.2) is 0 Å². The third kappa shape index (κ3) is 3.74. The fourth-order valence-electron chi connectivity index (χ4n) is 1.59. The maximum atomic E-state index is 11.9. The van der Waals surface area contributed by atoms with Crippen molar-refractivity contribution in [2.24, 2.45) is 0 Å². The summed E-state index contributed by atoms with van der Waals surface area (Å²) in [4.78, 5) is 13.4. The molecule has 1 aromatic carbocycles. The number of ether oxygens (including phenoxy) is 1. The maximum Gasteiger partial charge on any atom is 0.260 e. The van der Waals surface area contributed by atoms with Crippen LogP contribution in [-0.4, -0.2) is 34.7 Å². The van der Waals surface area contributed by atoms with Gasteiger partial charge in [0.1, 0.15) is 5.75 Å². The largest absolute Gasteiger partial charge is 0.484 e. The minimum atomic E-state index is -0.108. The summed E-state index contributed by atoms with van der Waals surface area (Å²) >= 11 is 0. The van der Waals surface area contributed by atoms with Crippen LogP contribution in [0.1, 0.15) is 5.56 Å². The van der Waals surface area contributed by atoms with Crippen LogP contribution in [-0.2, 0) is 11.3 Å². The highest BCUT2D eigenvalue weighted by Gasteiger charge is 2.10. The summed E-state index contributed by atoms with van der Waals surface area (Å²) in [7, 11) is 1.72. The Labute approximate surface area is 111 Å². The van der Waals surface area contributed by atoms with Crippen molar-refractivity contribution in [3.05, 3.63) is 42.2 Å². The van der Waals surface area contributed by atoms with Gasteiger partial charge in [-0.15, -0.1) is 0 Å². The SMILES string of the molecule is CN(Cc1cn[nH]c1)C(=O)COc1cccc(N)c1. The maximum absolute atomic E-state index is 11.9. The van der Waals surface area contributed by atoms with Gasteiger partial charge in [0.2, 0.25) is 0 Å². The van der Waals surface area contributed by atoms with E-state index in [0.29, 0.717) is 18.0 Å². The second-order valence-electron chi connectivity index (χ2n) is 4.22. The molecule has 1 heterocycles. The molecule has 1 amide bonds. The predicted octanol–water partition coefficient (Wildman–Crippen LogP) is 1.03. The Morgan fingerprint density at radius 1 is 1.53 bits per heavy atom. The van der Waals surface area contributed by atoms with Crippen LogP contribution < -0.4 is 10.5 Å². The summed E-state index contributed by atoms with van der Waals surface area (Å²) < 4.78 is 5.39. The smallest absolute Gasteiger partial charge is 0.260 e. The minimum Gasteiger partial charge on any atom is -0.484 e. The highest BCUT2D eigenvalue weighted by Crippen LogP contribution is 2.14. The van der Waals surface area contributed by atoms with Gasteiger partial charge in [0.15, 0.2) is 6.61 Å². The average Bonchev–Trinajstić information content (AvgIpc) is 2.89. The number of H-pyrrole nitrogens is 1. The number of nitrogen functional groups attached to an aromatic ring is 1. The van der Waals surface area contributed by atoms with E-state index in [2.05, 4.69) is 10.2 Å². The number of anilines is 1. The molecule has 1 aromatic heterocycles. The molecule has 0 atom stereocenters. The normalized spacial score (nSPS) is 10.2. The van der Waals surface area contributed by atoms with Crippen LogP contribution in [0, 0.1) is 0 Å². The van der Waals surface area contributed by atoms with E-state index in [1.54, 1.807) is 48.6 Å². The summed E-state index contributed by atoms with van der Waals surface area (Å²) in [6, 6.07) is 6.99. The standard InChI is InChI=1S/C13H16N4O2/c1-17(8-10-6-15-16-7-10)13(18)9-19-12-4-2-3-11(14)5-12/h2-7H,8-9,14H2,1H3,(H,15,16). The van der Waals surface area contributed by atoms with Crippen LogP contribution in [0.4, 0.5) is 5.69 Å². The van der Waals surface area contributed by atoms with Crippen LogP contribution in [0.2, 0.25) is 0 Å². The van der Waals surface area contributed by atoms with Crippen molar-refractivity contribution in [1.82, 2.24) is 15.1 Å². The summed E-state index contributed by atoms with van der Waals surface area (Å²) in [5.41, 5.74) is 7.18. The fourth-order valence-corrected chi connectivity index (χ4v) is 1.59. The van der Waals surface area contributed by atoms with Gasteiger partial charge in [0.25, 0.3) is 5.91 Å². The number of rotatable bonds is 5. The molecule has 3 N–H and O–H groups in total. The number of nitrogens with one attached hydrogen (secondary N) is 1. The van der Waals surface area contributed by atoms with E-state index in [1.807, 2.05) is 0 Å². The average molecular weight is 260 g/mol. The molecule has 0 radical (unpaired) electrons. The molecule has 2 rings (SSSR count). The van der Waals surface area contributed by atoms with Crippen LogP contribution in [0.3, 0.4) is 0 Å². The number of amides is 1. The number of nitrogens with two attached hydrogens (primary N) is 1. The lowest BCUT2D eigenvalue weighted by Crippen LogP contribution is -2.30. The van der Waals surface area contributed by atoms with E-state index in [4.69, 9.17) is 10.5 Å². The molecule has 6 nitrogen and oxygen atoms in total. The first-order valence-electron chi connectivity index (χ1n) is 5.85. The molecule has 0 aliphatic heterocycles. The van der Waals surface area contributed by atoms with Crippen molar-refractivity contribution < 1.29 is 9.53 Å². The lowest BCUT2D eigenvalue weighted by Gasteiger charge is -2.16. The molecule has 19 heavy (non-hydrogen) atoms. The first-order valence-corrected chi connectivity index (χ1v) is 5.85. The Hall–Kier alpha value is -2.50. The number of likely N-dealkylation sites (N-methyl/N-ethyl adjacent to an activating group) is 1. The van der Waals surface area contributed by atoms with E-state index < -0.39 is 0 Å². The van der Waals surface area contributed by atoms with Gasteiger partial charge in [0, 0.05) is 37.1 Å². The minimum absolute atomic E-state index is 0.0161. The third-order valence-electron chi connectivity index (χ3n) is 2.62. The first kappa shape index (κ1) is 12.9. The van der Waals surface area contributed by atoms with Gasteiger partial charge in [-0.1, -0.05) is 6.07 Å². The van der Waals surface area contributed by atoms with E-state index in [1.165, 1.54) is 0 Å². The van der Waals surface area contributed by atoms with Gasteiger partial charge in [-0.2, -0.15) is 5.10 Å². The highest BCUT2D eigenvalue weighted by atomic mass is 16.5. The second kappa shape index (κ2) is 5.90. The lowest BCUT2D eigenvalue weighted by atomic mass is 10.3. The van der Waals surface area contributed by atoms with E-state index >= 15 is 0 Å². The molecular weight excluding hydrogens is 244 g/mol. The van der Waals surface area contributed by atoms with Crippen molar-refractivity contribution in [2.75, 3.05) is 19.4 Å². The zero-order valence-electron chi connectivity index (χ0n) is 10.7. The van der Waals surface area contributed by atoms with Gasteiger partial charge in [-0.3, -0.25) is 9.89 Å². The number of aromatic amines is 1. The molecule has 6 heteroatoms. The van der Waals surface area contributed by atoms with Gasteiger partial charge in [-0.05, 0) is 12.1 Å². The zero-order valence-corrected chi connectivity index (χ0v) is 10.7. The zero-order chi connectivity index (χ0) is 13.7. The van der Waals surface area contributed by atoms with E-state index in [-0.39, 0.29) is 12.5 Å². The number of nitrogens with zero attached hydrogens (tertiary/aromatic N) is 2. The predicted molar refractivity (Wildman–Crippen MR) is 71.4 cm³/mol. The topological polar surface area (TPSA) is 84.2 Å². The molecule has 0 bridgehead atoms.